The van der Waals surface area contributed by atoms with Crippen LogP contribution in [0, 0.1) is 0 Å². The Labute approximate surface area is 137 Å². The van der Waals surface area contributed by atoms with Crippen LogP contribution in [0.2, 0.25) is 0 Å². The average molecular weight is 312 g/mol. The van der Waals surface area contributed by atoms with Gasteiger partial charge >= 0.3 is 0 Å². The Bertz CT molecular complexity index is 629. The fourth-order valence-corrected chi connectivity index (χ4v) is 3.04. The highest BCUT2D eigenvalue weighted by Gasteiger charge is 2.22. The van der Waals surface area contributed by atoms with Gasteiger partial charge in [-0.3, -0.25) is 4.79 Å². The van der Waals surface area contributed by atoms with Gasteiger partial charge < -0.3 is 14.4 Å². The van der Waals surface area contributed by atoms with Crippen molar-refractivity contribution in [3.05, 3.63) is 48.3 Å². The molecule has 0 saturated carbocycles. The summed E-state index contributed by atoms with van der Waals surface area (Å²) in [6, 6.07) is 10.2. The normalized spacial score (nSPS) is 15.0. The Morgan fingerprint density at radius 1 is 1.13 bits per heavy atom. The van der Waals surface area contributed by atoms with E-state index in [0.717, 1.165) is 45.1 Å². The molecule has 2 aromatic rings. The van der Waals surface area contributed by atoms with Gasteiger partial charge in [0.25, 0.3) is 0 Å². The van der Waals surface area contributed by atoms with Gasteiger partial charge in [0.2, 0.25) is 11.9 Å². The van der Waals surface area contributed by atoms with Crippen LogP contribution in [0.1, 0.15) is 18.9 Å². The highest BCUT2D eigenvalue weighted by atomic mass is 16.2. The minimum atomic E-state index is 0.257. The minimum Gasteiger partial charge on any atom is -0.339 e. The fraction of sp³-hybridized carbons (Fsp3) is 0.444. The summed E-state index contributed by atoms with van der Waals surface area (Å²) >= 11 is 0. The second kappa shape index (κ2) is 7.31. The van der Waals surface area contributed by atoms with E-state index in [4.69, 9.17) is 0 Å². The van der Waals surface area contributed by atoms with Crippen LogP contribution in [-0.4, -0.2) is 46.5 Å². The number of carbonyl (C=O) groups excluding carboxylic acids is 1. The lowest BCUT2D eigenvalue weighted by molar-refractivity contribution is -0.131. The molecule has 3 rings (SSSR count). The zero-order valence-corrected chi connectivity index (χ0v) is 13.7. The van der Waals surface area contributed by atoms with E-state index in [1.54, 1.807) is 0 Å². The third kappa shape index (κ3) is 3.73. The molecule has 122 valence electrons. The van der Waals surface area contributed by atoms with Crippen LogP contribution in [0.4, 0.5) is 5.95 Å². The third-order valence-electron chi connectivity index (χ3n) is 4.42. The highest BCUT2D eigenvalue weighted by molar-refractivity contribution is 5.76. The van der Waals surface area contributed by atoms with Crippen molar-refractivity contribution < 1.29 is 4.79 Å². The number of amides is 1. The minimum absolute atomic E-state index is 0.257. The maximum Gasteiger partial charge on any atom is 0.223 e. The molecule has 0 radical (unpaired) electrons. The second-order valence-electron chi connectivity index (χ2n) is 5.87. The van der Waals surface area contributed by atoms with E-state index in [1.807, 2.05) is 35.5 Å². The molecule has 5 nitrogen and oxygen atoms in total. The first-order valence-electron chi connectivity index (χ1n) is 8.35. The maximum atomic E-state index is 12.4. The van der Waals surface area contributed by atoms with Gasteiger partial charge in [-0.05, 0) is 18.9 Å². The van der Waals surface area contributed by atoms with Crippen LogP contribution in [0.3, 0.4) is 0 Å². The van der Waals surface area contributed by atoms with Gasteiger partial charge in [0, 0.05) is 51.5 Å². The van der Waals surface area contributed by atoms with Crippen molar-refractivity contribution in [1.82, 2.24) is 14.5 Å². The number of hydrogen-bond donors (Lipinski definition) is 0. The van der Waals surface area contributed by atoms with Crippen molar-refractivity contribution >= 4 is 11.9 Å². The smallest absolute Gasteiger partial charge is 0.223 e. The molecule has 1 aromatic heterocycles. The van der Waals surface area contributed by atoms with E-state index < -0.39 is 0 Å². The highest BCUT2D eigenvalue weighted by Crippen LogP contribution is 2.15. The molecule has 0 unspecified atom stereocenters. The lowest BCUT2D eigenvalue weighted by Crippen LogP contribution is -2.49. The summed E-state index contributed by atoms with van der Waals surface area (Å²) in [6.07, 6.45) is 5.26. The number of anilines is 1. The van der Waals surface area contributed by atoms with Crippen molar-refractivity contribution in [2.24, 2.45) is 0 Å². The summed E-state index contributed by atoms with van der Waals surface area (Å²) in [4.78, 5) is 21.1. The van der Waals surface area contributed by atoms with Gasteiger partial charge in [0.05, 0.1) is 0 Å². The molecule has 0 bridgehead atoms. The fourth-order valence-electron chi connectivity index (χ4n) is 3.04. The molecule has 2 heterocycles. The van der Waals surface area contributed by atoms with Gasteiger partial charge in [0.15, 0.2) is 0 Å². The van der Waals surface area contributed by atoms with Crippen LogP contribution < -0.4 is 4.90 Å². The molecule has 1 aliphatic rings. The van der Waals surface area contributed by atoms with E-state index in [1.165, 1.54) is 5.56 Å². The first-order valence-corrected chi connectivity index (χ1v) is 8.35. The SMILES string of the molecule is CCn1ccnc1N1CCN(C(=O)CCc2ccccc2)CC1. The van der Waals surface area contributed by atoms with Crippen molar-refractivity contribution in [3.8, 4) is 0 Å². The molecular formula is C18H24N4O. The summed E-state index contributed by atoms with van der Waals surface area (Å²) in [6.45, 7) is 6.32. The summed E-state index contributed by atoms with van der Waals surface area (Å²) in [5.74, 6) is 1.27. The molecule has 1 saturated heterocycles. The Balaban J connectivity index is 1.49. The van der Waals surface area contributed by atoms with Gasteiger partial charge in [-0.2, -0.15) is 0 Å². The second-order valence-corrected chi connectivity index (χ2v) is 5.87. The molecule has 23 heavy (non-hydrogen) atoms. The monoisotopic (exact) mass is 312 g/mol. The van der Waals surface area contributed by atoms with E-state index in [-0.39, 0.29) is 5.91 Å². The topological polar surface area (TPSA) is 41.4 Å². The Morgan fingerprint density at radius 3 is 2.57 bits per heavy atom. The van der Waals surface area contributed by atoms with Crippen molar-refractivity contribution in [2.45, 2.75) is 26.3 Å². The summed E-state index contributed by atoms with van der Waals surface area (Å²) < 4.78 is 2.15. The standard InChI is InChI=1S/C18H24N4O/c1-2-20-11-10-19-18(20)22-14-12-21(13-15-22)17(23)9-8-16-6-4-3-5-7-16/h3-7,10-11H,2,8-9,12-15H2,1H3. The molecule has 0 atom stereocenters. The number of nitrogens with zero attached hydrogens (tertiary/aromatic N) is 4. The number of aryl methyl sites for hydroxylation is 2. The molecule has 0 N–H and O–H groups in total. The average Bonchev–Trinajstić information content (AvgIpc) is 3.09. The van der Waals surface area contributed by atoms with Gasteiger partial charge in [-0.15, -0.1) is 0 Å². The van der Waals surface area contributed by atoms with Crippen LogP contribution >= 0.6 is 0 Å². The van der Waals surface area contributed by atoms with Crippen LogP contribution in [-0.2, 0) is 17.8 Å². The van der Waals surface area contributed by atoms with Crippen LogP contribution in [0.25, 0.3) is 0 Å². The molecular weight excluding hydrogens is 288 g/mol. The van der Waals surface area contributed by atoms with E-state index >= 15 is 0 Å². The molecule has 0 aliphatic carbocycles. The zero-order chi connectivity index (χ0) is 16.1. The Morgan fingerprint density at radius 2 is 1.87 bits per heavy atom. The number of carbonyl (C=O) groups is 1. The number of hydrogen-bond acceptors (Lipinski definition) is 3. The first-order chi connectivity index (χ1) is 11.3. The Kier molecular flexibility index (Phi) is 4.95. The molecule has 0 spiro atoms. The third-order valence-corrected chi connectivity index (χ3v) is 4.42. The largest absolute Gasteiger partial charge is 0.339 e. The molecule has 1 amide bonds. The van der Waals surface area contributed by atoms with Crippen molar-refractivity contribution in [3.63, 3.8) is 0 Å². The lowest BCUT2D eigenvalue weighted by atomic mass is 10.1. The number of rotatable bonds is 5. The van der Waals surface area contributed by atoms with Crippen molar-refractivity contribution in [2.75, 3.05) is 31.1 Å². The zero-order valence-electron chi connectivity index (χ0n) is 13.7. The predicted octanol–water partition coefficient (Wildman–Crippen LogP) is 2.18. The Hall–Kier alpha value is -2.30. The molecule has 1 fully saturated rings. The lowest BCUT2D eigenvalue weighted by Gasteiger charge is -2.35. The molecule has 1 aromatic carbocycles. The number of piperazine rings is 1. The van der Waals surface area contributed by atoms with E-state index in [2.05, 4.69) is 33.5 Å². The summed E-state index contributed by atoms with van der Waals surface area (Å²) in [5.41, 5.74) is 1.23. The molecule has 5 heteroatoms. The quantitative estimate of drug-likeness (QED) is 0.850. The van der Waals surface area contributed by atoms with Crippen molar-refractivity contribution in [1.29, 1.82) is 0 Å². The van der Waals surface area contributed by atoms with Gasteiger partial charge in [-0.25, -0.2) is 4.98 Å². The predicted molar refractivity (Wildman–Crippen MR) is 91.5 cm³/mol. The summed E-state index contributed by atoms with van der Waals surface area (Å²) in [5, 5.41) is 0. The number of aromatic nitrogens is 2. The van der Waals surface area contributed by atoms with Crippen LogP contribution in [0.15, 0.2) is 42.7 Å². The maximum absolute atomic E-state index is 12.4. The van der Waals surface area contributed by atoms with E-state index in [9.17, 15) is 4.79 Å². The van der Waals surface area contributed by atoms with Crippen LogP contribution in [0.5, 0.6) is 0 Å². The first kappa shape index (κ1) is 15.6. The number of benzene rings is 1. The van der Waals surface area contributed by atoms with Gasteiger partial charge in [-0.1, -0.05) is 30.3 Å². The number of imidazole rings is 1. The summed E-state index contributed by atoms with van der Waals surface area (Å²) in [7, 11) is 0. The van der Waals surface area contributed by atoms with E-state index in [0.29, 0.717) is 6.42 Å². The molecule has 1 aliphatic heterocycles. The van der Waals surface area contributed by atoms with Gasteiger partial charge in [0.1, 0.15) is 0 Å².